The first-order valence-electron chi connectivity index (χ1n) is 10.3. The second kappa shape index (κ2) is 8.97. The summed E-state index contributed by atoms with van der Waals surface area (Å²) in [6.45, 7) is 1.42. The van der Waals surface area contributed by atoms with Crippen LogP contribution in [0, 0.1) is 6.92 Å². The van der Waals surface area contributed by atoms with Gasteiger partial charge in [0.15, 0.2) is 0 Å². The number of aryl methyl sites for hydroxylation is 1. The summed E-state index contributed by atoms with van der Waals surface area (Å²) in [5.41, 5.74) is 8.55. The summed E-state index contributed by atoms with van der Waals surface area (Å²) in [5, 5.41) is 12.3. The molecule has 0 bridgehead atoms. The Hall–Kier alpha value is -4.21. The molecule has 0 aliphatic heterocycles. The molecule has 1 amide bonds. The van der Waals surface area contributed by atoms with Crippen LogP contribution in [0.3, 0.4) is 0 Å². The maximum Gasteiger partial charge on any atom is 0.390 e. The number of hydrogen-bond donors (Lipinski definition) is 3. The van der Waals surface area contributed by atoms with Crippen LogP contribution in [0.15, 0.2) is 60.9 Å². The Morgan fingerprint density at radius 3 is 2.50 bits per heavy atom. The molecule has 0 fully saturated rings. The molecule has 0 radical (unpaired) electrons. The summed E-state index contributed by atoms with van der Waals surface area (Å²) < 4.78 is 45.7. The maximum absolute atomic E-state index is 12.7. The number of amides is 1. The predicted molar refractivity (Wildman–Crippen MR) is 122 cm³/mol. The Kier molecular flexibility index (Phi) is 6.06. The second-order valence-corrected chi connectivity index (χ2v) is 7.70. The minimum Gasteiger partial charge on any atom is -0.508 e. The molecule has 1 heterocycles. The number of phenols is 1. The Bertz CT molecular complexity index is 1350. The van der Waals surface area contributed by atoms with E-state index < -0.39 is 18.5 Å². The van der Waals surface area contributed by atoms with Crippen molar-refractivity contribution in [3.8, 4) is 22.9 Å². The van der Waals surface area contributed by atoms with E-state index in [1.165, 1.54) is 12.1 Å². The highest BCUT2D eigenvalue weighted by Gasteiger charge is 2.26. The lowest BCUT2D eigenvalue weighted by Gasteiger charge is -2.13. The van der Waals surface area contributed by atoms with E-state index in [9.17, 15) is 23.1 Å². The van der Waals surface area contributed by atoms with Crippen LogP contribution < -0.4 is 15.8 Å². The van der Waals surface area contributed by atoms with Gasteiger partial charge >= 0.3 is 6.18 Å². The van der Waals surface area contributed by atoms with Gasteiger partial charge in [0, 0.05) is 29.9 Å². The molecular weight excluding hydrogens is 449 g/mol. The zero-order valence-electron chi connectivity index (χ0n) is 18.1. The van der Waals surface area contributed by atoms with E-state index in [2.05, 4.69) is 10.3 Å². The van der Waals surface area contributed by atoms with Gasteiger partial charge in [-0.1, -0.05) is 0 Å². The number of aromatic hydroxyl groups is 1. The van der Waals surface area contributed by atoms with Crippen molar-refractivity contribution in [2.45, 2.75) is 19.5 Å². The quantitative estimate of drug-likeness (QED) is 0.340. The fourth-order valence-electron chi connectivity index (χ4n) is 3.55. The molecular formula is C24H21F3N4O3. The van der Waals surface area contributed by atoms with Gasteiger partial charge in [-0.3, -0.25) is 9.36 Å². The molecule has 3 aromatic carbocycles. The van der Waals surface area contributed by atoms with Crippen LogP contribution in [0.2, 0.25) is 0 Å². The zero-order chi connectivity index (χ0) is 24.5. The van der Waals surface area contributed by atoms with E-state index in [1.54, 1.807) is 60.3 Å². The topological polar surface area (TPSA) is 102 Å². The third-order valence-corrected chi connectivity index (χ3v) is 5.18. The molecule has 0 unspecified atom stereocenters. The number of primary amides is 1. The number of halogens is 3. The van der Waals surface area contributed by atoms with Gasteiger partial charge in [0.2, 0.25) is 5.91 Å². The molecule has 0 atom stereocenters. The van der Waals surface area contributed by atoms with Gasteiger partial charge in [-0.15, -0.1) is 0 Å². The number of carbonyl (C=O) groups excluding carboxylic acids is 1. The largest absolute Gasteiger partial charge is 0.508 e. The molecule has 4 rings (SSSR count). The highest BCUT2D eigenvalue weighted by molar-refractivity contribution is 5.95. The highest BCUT2D eigenvalue weighted by Crippen LogP contribution is 2.34. The smallest absolute Gasteiger partial charge is 0.390 e. The number of hydrogen-bond acceptors (Lipinski definition) is 5. The SMILES string of the molecule is Cc1cc(-n2cnc3c(NCCC(F)(F)F)cc(Oc4ccc(O)cc4)cc32)ccc1C(N)=O. The number of phenolic OH excluding ortho intramolecular Hbond substituents is 1. The summed E-state index contributed by atoms with van der Waals surface area (Å²) in [7, 11) is 0. The van der Waals surface area contributed by atoms with E-state index in [0.717, 1.165) is 0 Å². The van der Waals surface area contributed by atoms with Crippen LogP contribution >= 0.6 is 0 Å². The zero-order valence-corrected chi connectivity index (χ0v) is 18.1. The Morgan fingerprint density at radius 1 is 1.12 bits per heavy atom. The standard InChI is InChI=1S/C24H21F3N4O3/c1-14-10-15(2-7-19(14)23(28)33)31-13-30-22-20(29-9-8-24(25,26)27)11-18(12-21(22)31)34-17-5-3-16(32)4-6-17/h2-7,10-13,29,32H,8-9H2,1H3,(H2,28,33). The number of aromatic nitrogens is 2. The van der Waals surface area contributed by atoms with E-state index in [1.807, 2.05) is 0 Å². The van der Waals surface area contributed by atoms with E-state index >= 15 is 0 Å². The molecule has 34 heavy (non-hydrogen) atoms. The second-order valence-electron chi connectivity index (χ2n) is 7.70. The first-order valence-corrected chi connectivity index (χ1v) is 10.3. The van der Waals surface area contributed by atoms with Gasteiger partial charge in [-0.25, -0.2) is 4.98 Å². The lowest BCUT2D eigenvalue weighted by molar-refractivity contribution is -0.131. The number of alkyl halides is 3. The molecule has 1 aromatic heterocycles. The first kappa shape index (κ1) is 23.0. The number of ether oxygens (including phenoxy) is 1. The molecule has 0 saturated heterocycles. The van der Waals surface area contributed by atoms with Crippen molar-refractivity contribution in [3.05, 3.63) is 72.1 Å². The van der Waals surface area contributed by atoms with Crippen molar-refractivity contribution in [2.24, 2.45) is 5.73 Å². The fourth-order valence-corrected chi connectivity index (χ4v) is 3.55. The summed E-state index contributed by atoms with van der Waals surface area (Å²) in [6.07, 6.45) is -3.76. The lowest BCUT2D eigenvalue weighted by atomic mass is 10.1. The maximum atomic E-state index is 12.7. The van der Waals surface area contributed by atoms with Crippen LogP contribution in [0.5, 0.6) is 17.2 Å². The molecule has 176 valence electrons. The first-order chi connectivity index (χ1) is 16.1. The van der Waals surface area contributed by atoms with Crippen LogP contribution in [0.4, 0.5) is 18.9 Å². The Morgan fingerprint density at radius 2 is 1.85 bits per heavy atom. The van der Waals surface area contributed by atoms with Crippen molar-refractivity contribution < 1.29 is 27.8 Å². The molecule has 0 spiro atoms. The summed E-state index contributed by atoms with van der Waals surface area (Å²) in [6, 6.07) is 14.4. The molecule has 0 aliphatic rings. The van der Waals surface area contributed by atoms with E-state index in [4.69, 9.17) is 10.5 Å². The highest BCUT2D eigenvalue weighted by atomic mass is 19.4. The number of carbonyl (C=O) groups is 1. The summed E-state index contributed by atoms with van der Waals surface area (Å²) in [5.74, 6) is 0.330. The molecule has 0 aliphatic carbocycles. The predicted octanol–water partition coefficient (Wildman–Crippen LogP) is 5.30. The van der Waals surface area contributed by atoms with Crippen LogP contribution in [0.25, 0.3) is 16.7 Å². The van der Waals surface area contributed by atoms with Crippen molar-refractivity contribution in [2.75, 3.05) is 11.9 Å². The van der Waals surface area contributed by atoms with Crippen LogP contribution in [-0.4, -0.2) is 33.3 Å². The van der Waals surface area contributed by atoms with Crippen molar-refractivity contribution in [1.82, 2.24) is 9.55 Å². The van der Waals surface area contributed by atoms with Gasteiger partial charge < -0.3 is 20.9 Å². The van der Waals surface area contributed by atoms with Crippen LogP contribution in [0.1, 0.15) is 22.3 Å². The molecule has 4 aromatic rings. The van der Waals surface area contributed by atoms with Gasteiger partial charge in [0.1, 0.15) is 29.1 Å². The minimum atomic E-state index is -4.30. The Labute approximate surface area is 192 Å². The van der Waals surface area contributed by atoms with Gasteiger partial charge in [-0.05, 0) is 55.0 Å². The van der Waals surface area contributed by atoms with E-state index in [-0.39, 0.29) is 12.3 Å². The van der Waals surface area contributed by atoms with Gasteiger partial charge in [0.05, 0.1) is 17.6 Å². The number of rotatable bonds is 7. The number of nitrogens with zero attached hydrogens (tertiary/aromatic N) is 2. The molecule has 4 N–H and O–H groups in total. The van der Waals surface area contributed by atoms with Crippen molar-refractivity contribution >= 4 is 22.6 Å². The number of benzene rings is 3. The summed E-state index contributed by atoms with van der Waals surface area (Å²) in [4.78, 5) is 16.0. The van der Waals surface area contributed by atoms with Crippen molar-refractivity contribution in [3.63, 3.8) is 0 Å². The average molecular weight is 470 g/mol. The van der Waals surface area contributed by atoms with Gasteiger partial charge in [0.25, 0.3) is 0 Å². The molecule has 10 heteroatoms. The lowest BCUT2D eigenvalue weighted by Crippen LogP contribution is -2.14. The average Bonchev–Trinajstić information content (AvgIpc) is 3.18. The molecule has 0 saturated carbocycles. The number of anilines is 1. The normalized spacial score (nSPS) is 11.5. The third-order valence-electron chi connectivity index (χ3n) is 5.18. The minimum absolute atomic E-state index is 0.0742. The Balaban J connectivity index is 1.77. The number of nitrogens with two attached hydrogens (primary N) is 1. The van der Waals surface area contributed by atoms with Crippen molar-refractivity contribution in [1.29, 1.82) is 0 Å². The summed E-state index contributed by atoms with van der Waals surface area (Å²) >= 11 is 0. The van der Waals surface area contributed by atoms with Crippen LogP contribution in [-0.2, 0) is 0 Å². The fraction of sp³-hybridized carbons (Fsp3) is 0.167. The number of fused-ring (bicyclic) bond motifs is 1. The van der Waals surface area contributed by atoms with Gasteiger partial charge in [-0.2, -0.15) is 13.2 Å². The van der Waals surface area contributed by atoms with E-state index in [0.29, 0.717) is 45.0 Å². The monoisotopic (exact) mass is 470 g/mol. The number of imidazole rings is 1. The number of nitrogens with one attached hydrogen (secondary N) is 1. The third kappa shape index (κ3) is 5.06. The molecule has 7 nitrogen and oxygen atoms in total.